The summed E-state index contributed by atoms with van der Waals surface area (Å²) in [5.41, 5.74) is 8.54. The van der Waals surface area contributed by atoms with Crippen molar-refractivity contribution in [1.82, 2.24) is 19.6 Å². The van der Waals surface area contributed by atoms with Crippen LogP contribution in [0.5, 0.6) is 5.75 Å². The Labute approximate surface area is 224 Å². The lowest BCUT2D eigenvalue weighted by Crippen LogP contribution is -2.59. The van der Waals surface area contributed by atoms with Crippen molar-refractivity contribution in [2.45, 2.75) is 26.1 Å². The number of anilines is 2. The summed E-state index contributed by atoms with van der Waals surface area (Å²) in [4.78, 5) is 27.7. The number of rotatable bonds is 6. The molecule has 0 bridgehead atoms. The third-order valence-corrected chi connectivity index (χ3v) is 6.98. The highest BCUT2D eigenvalue weighted by molar-refractivity contribution is 6.08. The van der Waals surface area contributed by atoms with Gasteiger partial charge in [-0.3, -0.25) is 14.4 Å². The lowest BCUT2D eigenvalue weighted by Gasteiger charge is -2.41. The van der Waals surface area contributed by atoms with E-state index in [1.54, 1.807) is 28.8 Å². The number of amides is 1. The summed E-state index contributed by atoms with van der Waals surface area (Å²) in [6, 6.07) is 18.8. The zero-order chi connectivity index (χ0) is 27.1. The van der Waals surface area contributed by atoms with E-state index in [4.69, 9.17) is 4.74 Å². The second-order valence-corrected chi connectivity index (χ2v) is 9.45. The van der Waals surface area contributed by atoms with Crippen molar-refractivity contribution in [3.8, 4) is 22.9 Å². The van der Waals surface area contributed by atoms with Gasteiger partial charge in [-0.1, -0.05) is 18.2 Å². The quantitative estimate of drug-likeness (QED) is 0.299. The molecule has 194 valence electrons. The number of carbonyl (C=O) groups excluding carboxylic acids is 1. The Morgan fingerprint density at radius 1 is 1.15 bits per heavy atom. The van der Waals surface area contributed by atoms with Crippen molar-refractivity contribution in [2.75, 3.05) is 22.8 Å². The van der Waals surface area contributed by atoms with Crippen LogP contribution in [-0.4, -0.2) is 44.9 Å². The van der Waals surface area contributed by atoms with Crippen LogP contribution in [0.15, 0.2) is 73.3 Å². The molecule has 0 radical (unpaired) electrons. The van der Waals surface area contributed by atoms with Gasteiger partial charge in [-0.25, -0.2) is 9.97 Å². The lowest BCUT2D eigenvalue weighted by atomic mass is 10.0. The first-order valence-corrected chi connectivity index (χ1v) is 12.5. The summed E-state index contributed by atoms with van der Waals surface area (Å²) >= 11 is 0. The van der Waals surface area contributed by atoms with Crippen LogP contribution in [-0.2, 0) is 0 Å². The minimum atomic E-state index is -0.436. The Morgan fingerprint density at radius 3 is 2.74 bits per heavy atom. The van der Waals surface area contributed by atoms with Gasteiger partial charge in [0.15, 0.2) is 0 Å². The molecule has 0 saturated carbocycles. The minimum Gasteiger partial charge on any atom is -0.497 e. The molecule has 1 aliphatic heterocycles. The molecule has 1 unspecified atom stereocenters. The van der Waals surface area contributed by atoms with Gasteiger partial charge in [0.2, 0.25) is 0 Å². The van der Waals surface area contributed by atoms with Gasteiger partial charge in [0.05, 0.1) is 30.2 Å². The topological polar surface area (TPSA) is 124 Å². The maximum atomic E-state index is 13.8. The maximum absolute atomic E-state index is 13.8. The fourth-order valence-electron chi connectivity index (χ4n) is 5.08. The van der Waals surface area contributed by atoms with E-state index in [0.29, 0.717) is 28.5 Å². The number of benzene rings is 2. The van der Waals surface area contributed by atoms with Gasteiger partial charge in [0.25, 0.3) is 5.91 Å². The monoisotopic (exact) mass is 518 g/mol. The molecule has 10 nitrogen and oxygen atoms in total. The second-order valence-electron chi connectivity index (χ2n) is 9.45. The molecule has 2 atom stereocenters. The number of hydrogen-bond donors (Lipinski definition) is 3. The zero-order valence-electron chi connectivity index (χ0n) is 21.6. The van der Waals surface area contributed by atoms with E-state index in [-0.39, 0.29) is 11.9 Å². The molecular formula is C29H26N8O2. The predicted molar refractivity (Wildman–Crippen MR) is 149 cm³/mol. The molecule has 1 aliphatic rings. The minimum absolute atomic E-state index is 0.0864. The van der Waals surface area contributed by atoms with Crippen LogP contribution < -0.4 is 20.4 Å². The molecule has 10 heteroatoms. The number of H-pyrrole nitrogens is 1. The van der Waals surface area contributed by atoms with Crippen LogP contribution in [0.1, 0.15) is 28.5 Å². The summed E-state index contributed by atoms with van der Waals surface area (Å²) in [5, 5.41) is 13.8. The van der Waals surface area contributed by atoms with Gasteiger partial charge < -0.3 is 20.5 Å². The fourth-order valence-corrected chi connectivity index (χ4v) is 5.08. The SMILES string of the molecule is COc1cc(C#N)cc(-c2c[nH]c3ncnc(N[C@@H](C)C4Nn5ccc(C)c5C(=O)N4c4ccccc4)c23)c1. The summed E-state index contributed by atoms with van der Waals surface area (Å²) in [5.74, 6) is 1.10. The van der Waals surface area contributed by atoms with E-state index in [1.165, 1.54) is 6.33 Å². The molecule has 5 aromatic rings. The van der Waals surface area contributed by atoms with E-state index < -0.39 is 6.17 Å². The molecular weight excluding hydrogens is 492 g/mol. The van der Waals surface area contributed by atoms with Crippen molar-refractivity contribution in [1.29, 1.82) is 5.26 Å². The molecule has 0 saturated heterocycles. The van der Waals surface area contributed by atoms with E-state index in [1.807, 2.05) is 68.7 Å². The van der Waals surface area contributed by atoms with Crippen LogP contribution in [0.3, 0.4) is 0 Å². The number of fused-ring (bicyclic) bond motifs is 2. The predicted octanol–water partition coefficient (Wildman–Crippen LogP) is 4.65. The third-order valence-electron chi connectivity index (χ3n) is 6.98. The van der Waals surface area contributed by atoms with Crippen molar-refractivity contribution in [3.63, 3.8) is 0 Å². The summed E-state index contributed by atoms with van der Waals surface area (Å²) in [6.07, 6.45) is 4.77. The number of methoxy groups -OCH3 is 1. The Balaban J connectivity index is 1.41. The first kappa shape index (κ1) is 24.1. The molecule has 39 heavy (non-hydrogen) atoms. The number of aryl methyl sites for hydroxylation is 1. The van der Waals surface area contributed by atoms with Gasteiger partial charge >= 0.3 is 0 Å². The summed E-state index contributed by atoms with van der Waals surface area (Å²) < 4.78 is 7.21. The highest BCUT2D eigenvalue weighted by atomic mass is 16.5. The Kier molecular flexibility index (Phi) is 5.88. The van der Waals surface area contributed by atoms with Crippen LogP contribution in [0, 0.1) is 18.3 Å². The van der Waals surface area contributed by atoms with Gasteiger partial charge in [-0.05, 0) is 61.4 Å². The van der Waals surface area contributed by atoms with Crippen LogP contribution in [0.25, 0.3) is 22.2 Å². The Bertz CT molecular complexity index is 1730. The van der Waals surface area contributed by atoms with Gasteiger partial charge in [0.1, 0.15) is 35.4 Å². The molecule has 3 aromatic heterocycles. The van der Waals surface area contributed by atoms with E-state index in [9.17, 15) is 10.1 Å². The lowest BCUT2D eigenvalue weighted by molar-refractivity contribution is 0.0954. The van der Waals surface area contributed by atoms with Crippen LogP contribution >= 0.6 is 0 Å². The number of hydrogen-bond acceptors (Lipinski definition) is 7. The van der Waals surface area contributed by atoms with Crippen LogP contribution in [0.4, 0.5) is 11.5 Å². The number of aromatic nitrogens is 4. The summed E-state index contributed by atoms with van der Waals surface area (Å²) in [7, 11) is 1.57. The molecule has 4 heterocycles. The highest BCUT2D eigenvalue weighted by Gasteiger charge is 2.37. The Hall–Kier alpha value is -5.30. The molecule has 0 fully saturated rings. The fraction of sp³-hybridized carbons (Fsp3) is 0.172. The molecule has 6 rings (SSSR count). The molecule has 3 N–H and O–H groups in total. The molecule has 0 spiro atoms. The van der Waals surface area contributed by atoms with E-state index in [2.05, 4.69) is 31.8 Å². The molecule has 1 amide bonds. The van der Waals surface area contributed by atoms with Gasteiger partial charge in [-0.15, -0.1) is 0 Å². The molecule has 2 aromatic carbocycles. The largest absolute Gasteiger partial charge is 0.497 e. The van der Waals surface area contributed by atoms with Crippen molar-refractivity contribution >= 4 is 28.4 Å². The standard InChI is InChI=1S/C29H26N8O2/c1-17-9-10-36-25(17)29(38)37(21-7-5-4-6-8-21)28(35-36)18(2)34-27-24-23(15-31-26(24)32-16-33-27)20-11-19(14-30)12-22(13-20)39-3/h4-13,15-16,18,28,35H,1-3H3,(H2,31,32,33,34)/t18-,28?/m0/s1. The smallest absolute Gasteiger partial charge is 0.278 e. The second kappa shape index (κ2) is 9.54. The maximum Gasteiger partial charge on any atom is 0.278 e. The highest BCUT2D eigenvalue weighted by Crippen LogP contribution is 2.35. The summed E-state index contributed by atoms with van der Waals surface area (Å²) in [6.45, 7) is 3.93. The first-order valence-electron chi connectivity index (χ1n) is 12.5. The van der Waals surface area contributed by atoms with Crippen molar-refractivity contribution in [3.05, 3.63) is 90.1 Å². The average Bonchev–Trinajstić information content (AvgIpc) is 3.57. The van der Waals surface area contributed by atoms with Gasteiger partial charge in [-0.2, -0.15) is 5.26 Å². The van der Waals surface area contributed by atoms with Crippen molar-refractivity contribution < 1.29 is 9.53 Å². The van der Waals surface area contributed by atoms with Crippen molar-refractivity contribution in [2.24, 2.45) is 0 Å². The first-order chi connectivity index (χ1) is 19.0. The van der Waals surface area contributed by atoms with Gasteiger partial charge in [0, 0.05) is 23.6 Å². The van der Waals surface area contributed by atoms with E-state index >= 15 is 0 Å². The number of ether oxygens (including phenoxy) is 1. The normalized spacial score (nSPS) is 15.4. The third kappa shape index (κ3) is 4.10. The molecule has 0 aliphatic carbocycles. The number of para-hydroxylation sites is 1. The number of nitriles is 1. The van der Waals surface area contributed by atoms with Crippen LogP contribution in [0.2, 0.25) is 0 Å². The average molecular weight is 519 g/mol. The number of nitrogens with one attached hydrogen (secondary N) is 3. The number of carbonyl (C=O) groups is 1. The zero-order valence-corrected chi connectivity index (χ0v) is 21.6. The number of nitrogens with zero attached hydrogens (tertiary/aromatic N) is 5. The van der Waals surface area contributed by atoms with E-state index in [0.717, 1.165) is 27.8 Å². The number of aromatic amines is 1. The Morgan fingerprint density at radius 2 is 1.97 bits per heavy atom.